The van der Waals surface area contributed by atoms with Gasteiger partial charge in [-0.2, -0.15) is 13.2 Å². The van der Waals surface area contributed by atoms with Crippen LogP contribution in [-0.4, -0.2) is 62.5 Å². The number of nitrogens with two attached hydrogens (primary N) is 1. The van der Waals surface area contributed by atoms with E-state index in [-0.39, 0.29) is 29.7 Å². The van der Waals surface area contributed by atoms with Gasteiger partial charge in [0.1, 0.15) is 0 Å². The van der Waals surface area contributed by atoms with Gasteiger partial charge in [-0.05, 0) is 55.2 Å². The van der Waals surface area contributed by atoms with Crippen LogP contribution < -0.4 is 15.8 Å². The van der Waals surface area contributed by atoms with Crippen LogP contribution in [0.2, 0.25) is 0 Å². The van der Waals surface area contributed by atoms with Crippen LogP contribution in [0, 0.1) is 11.6 Å². The number of anilines is 2. The van der Waals surface area contributed by atoms with Crippen LogP contribution in [-0.2, 0) is 11.2 Å². The monoisotopic (exact) mass is 588 g/mol. The predicted molar refractivity (Wildman–Crippen MR) is 146 cm³/mol. The molecule has 1 saturated heterocycles. The number of carbonyl (C=O) groups is 2. The number of aryl methyl sites for hydroxylation is 1. The third kappa shape index (κ3) is 6.43. The highest BCUT2D eigenvalue weighted by atomic mass is 19.3. The predicted octanol–water partition coefficient (Wildman–Crippen LogP) is 4.85. The summed E-state index contributed by atoms with van der Waals surface area (Å²) in [6.45, 7) is -0.315. The van der Waals surface area contributed by atoms with Crippen molar-refractivity contribution in [1.82, 2.24) is 19.3 Å². The molecule has 0 spiro atoms. The van der Waals surface area contributed by atoms with E-state index >= 15 is 0 Å². The van der Waals surface area contributed by atoms with Crippen LogP contribution in [0.1, 0.15) is 35.7 Å². The highest BCUT2D eigenvalue weighted by Crippen LogP contribution is 2.32. The Balaban J connectivity index is 0.00000129. The molecule has 2 aromatic heterocycles. The number of carbonyl (C=O) groups excluding carboxylic acids is 1. The molecule has 0 bridgehead atoms. The van der Waals surface area contributed by atoms with Gasteiger partial charge >= 0.3 is 6.61 Å². The van der Waals surface area contributed by atoms with Gasteiger partial charge in [0.25, 0.3) is 12.4 Å². The van der Waals surface area contributed by atoms with Gasteiger partial charge in [-0.3, -0.25) is 14.0 Å². The van der Waals surface area contributed by atoms with E-state index in [1.807, 2.05) is 17.9 Å². The molecule has 4 N–H and O–H groups in total. The third-order valence-corrected chi connectivity index (χ3v) is 6.77. The van der Waals surface area contributed by atoms with Gasteiger partial charge < -0.3 is 25.8 Å². The summed E-state index contributed by atoms with van der Waals surface area (Å²) >= 11 is 0. The first-order valence-electron chi connectivity index (χ1n) is 13.0. The van der Waals surface area contributed by atoms with Gasteiger partial charge in [-0.15, -0.1) is 0 Å². The average Bonchev–Trinajstić information content (AvgIpc) is 3.41. The largest absolute Gasteiger partial charge is 0.483 e. The van der Waals surface area contributed by atoms with E-state index in [2.05, 4.69) is 20.0 Å². The normalized spacial score (nSPS) is 13.5. The zero-order valence-corrected chi connectivity index (χ0v) is 22.4. The number of fused-ring (bicyclic) bond motifs is 1. The maximum atomic E-state index is 14.8. The number of aromatic nitrogens is 3. The summed E-state index contributed by atoms with van der Waals surface area (Å²) in [6.07, 6.45) is 6.50. The molecule has 42 heavy (non-hydrogen) atoms. The van der Waals surface area contributed by atoms with Crippen LogP contribution >= 0.6 is 0 Å². The highest BCUT2D eigenvalue weighted by Gasteiger charge is 2.24. The van der Waals surface area contributed by atoms with Crippen molar-refractivity contribution < 1.29 is 37.0 Å². The van der Waals surface area contributed by atoms with E-state index in [9.17, 15) is 22.4 Å². The number of ether oxygens (including phenoxy) is 1. The summed E-state index contributed by atoms with van der Waals surface area (Å²) in [5.74, 6) is -3.44. The number of carboxylic acid groups (broad SMARTS) is 1. The molecule has 1 aliphatic heterocycles. The number of benzene rings is 2. The zero-order chi connectivity index (χ0) is 30.4. The van der Waals surface area contributed by atoms with Gasteiger partial charge in [-0.1, -0.05) is 6.92 Å². The van der Waals surface area contributed by atoms with E-state index in [0.717, 1.165) is 30.5 Å². The second-order valence-electron chi connectivity index (χ2n) is 9.32. The molecule has 1 aliphatic rings. The van der Waals surface area contributed by atoms with Crippen molar-refractivity contribution in [3.63, 3.8) is 0 Å². The number of hydrogen-bond acceptors (Lipinski definition) is 7. The topological polar surface area (TPSA) is 135 Å². The van der Waals surface area contributed by atoms with Crippen molar-refractivity contribution in [2.45, 2.75) is 38.8 Å². The molecule has 1 amide bonds. The van der Waals surface area contributed by atoms with Gasteiger partial charge in [0.15, 0.2) is 23.0 Å². The Labute approximate surface area is 237 Å². The number of imidazole rings is 1. The van der Waals surface area contributed by atoms with E-state index < -0.39 is 24.0 Å². The Morgan fingerprint density at radius 1 is 1.19 bits per heavy atom. The number of nitrogens with zero attached hydrogens (tertiary/aromatic N) is 4. The van der Waals surface area contributed by atoms with E-state index in [0.29, 0.717) is 42.2 Å². The zero-order valence-electron chi connectivity index (χ0n) is 22.4. The summed E-state index contributed by atoms with van der Waals surface area (Å²) in [7, 11) is 0. The standard InChI is InChI=1S/C27H26F4N6O2.CH2O2/c1-2-15-13-17(3-4-18(15)26(38)36-10-7-16(32)8-11-36)35-24-25-34-14-20(37(25)12-9-33-24)19-5-6-21(39-27(30)31)23(29)22(19)28;2-1-3/h3-6,9,12-14,16,27H,2,7-8,10-11,32H2,1H3,(H,33,35);1H,(H,2,3). The van der Waals surface area contributed by atoms with Crippen molar-refractivity contribution in [3.8, 4) is 17.0 Å². The molecule has 222 valence electrons. The first-order chi connectivity index (χ1) is 20.2. The van der Waals surface area contributed by atoms with Crippen LogP contribution in [0.4, 0.5) is 29.1 Å². The minimum absolute atomic E-state index is 0.0253. The molecule has 1 fully saturated rings. The molecule has 0 unspecified atom stereocenters. The second kappa shape index (κ2) is 13.3. The van der Waals surface area contributed by atoms with Gasteiger partial charge in [-0.25, -0.2) is 14.4 Å². The lowest BCUT2D eigenvalue weighted by atomic mass is 10.0. The second-order valence-corrected chi connectivity index (χ2v) is 9.32. The number of halogens is 4. The maximum Gasteiger partial charge on any atom is 0.387 e. The smallest absolute Gasteiger partial charge is 0.387 e. The Morgan fingerprint density at radius 3 is 2.57 bits per heavy atom. The summed E-state index contributed by atoms with van der Waals surface area (Å²) in [6, 6.07) is 7.62. The van der Waals surface area contributed by atoms with Crippen molar-refractivity contribution in [2.24, 2.45) is 5.73 Å². The molecule has 14 heteroatoms. The summed E-state index contributed by atoms with van der Waals surface area (Å²) in [4.78, 5) is 32.0. The molecule has 2 aromatic carbocycles. The molecule has 0 aliphatic carbocycles. The van der Waals surface area contributed by atoms with E-state index in [1.54, 1.807) is 12.1 Å². The molecule has 5 rings (SSSR count). The lowest BCUT2D eigenvalue weighted by molar-refractivity contribution is -0.122. The number of likely N-dealkylation sites (tertiary alicyclic amines) is 1. The molecule has 0 radical (unpaired) electrons. The third-order valence-electron chi connectivity index (χ3n) is 6.77. The van der Waals surface area contributed by atoms with Gasteiger partial charge in [0, 0.05) is 48.3 Å². The minimum Gasteiger partial charge on any atom is -0.483 e. The number of hydrogen-bond donors (Lipinski definition) is 3. The summed E-state index contributed by atoms with van der Waals surface area (Å²) < 4.78 is 59.6. The molecule has 0 atom stereocenters. The average molecular weight is 589 g/mol. The van der Waals surface area contributed by atoms with Crippen LogP contribution in [0.3, 0.4) is 0 Å². The fourth-order valence-corrected chi connectivity index (χ4v) is 4.71. The van der Waals surface area contributed by atoms with Crippen molar-refractivity contribution in [2.75, 3.05) is 18.4 Å². The van der Waals surface area contributed by atoms with Crippen molar-refractivity contribution in [3.05, 3.63) is 71.7 Å². The highest BCUT2D eigenvalue weighted by molar-refractivity contribution is 5.96. The fraction of sp³-hybridized carbons (Fsp3) is 0.286. The summed E-state index contributed by atoms with van der Waals surface area (Å²) in [5, 5.41) is 10.1. The Bertz CT molecular complexity index is 1570. The first-order valence-corrected chi connectivity index (χ1v) is 13.0. The lowest BCUT2D eigenvalue weighted by Gasteiger charge is -2.30. The number of nitrogens with one attached hydrogen (secondary N) is 1. The maximum absolute atomic E-state index is 14.8. The van der Waals surface area contributed by atoms with Gasteiger partial charge in [0.05, 0.1) is 11.9 Å². The first kappa shape index (κ1) is 30.2. The SMILES string of the molecule is CCc1cc(Nc2nccn3c(-c4ccc(OC(F)F)c(F)c4F)cnc23)ccc1C(=O)N1CCC(N)CC1.O=CO. The van der Waals surface area contributed by atoms with Crippen LogP contribution in [0.15, 0.2) is 48.9 Å². The minimum atomic E-state index is -3.29. The Kier molecular flexibility index (Phi) is 9.57. The summed E-state index contributed by atoms with van der Waals surface area (Å²) in [5.41, 5.74) is 8.45. The quantitative estimate of drug-likeness (QED) is 0.206. The number of alkyl halides is 2. The number of rotatable bonds is 7. The van der Waals surface area contributed by atoms with E-state index in [4.69, 9.17) is 15.6 Å². The molecular formula is C28H28F4N6O4. The molecule has 0 saturated carbocycles. The molecule has 3 heterocycles. The van der Waals surface area contributed by atoms with Crippen molar-refractivity contribution in [1.29, 1.82) is 0 Å². The molecule has 10 nitrogen and oxygen atoms in total. The number of piperidine rings is 1. The molecule has 4 aromatic rings. The van der Waals surface area contributed by atoms with Gasteiger partial charge in [0.2, 0.25) is 5.82 Å². The number of amides is 1. The lowest BCUT2D eigenvalue weighted by Crippen LogP contribution is -2.43. The van der Waals surface area contributed by atoms with Crippen LogP contribution in [0.25, 0.3) is 16.9 Å². The Hall–Kier alpha value is -4.72. The van der Waals surface area contributed by atoms with Crippen LogP contribution in [0.5, 0.6) is 5.75 Å². The van der Waals surface area contributed by atoms with Crippen molar-refractivity contribution >= 4 is 29.5 Å². The molecular weight excluding hydrogens is 560 g/mol. The Morgan fingerprint density at radius 2 is 1.90 bits per heavy atom. The fourth-order valence-electron chi connectivity index (χ4n) is 4.71. The van der Waals surface area contributed by atoms with E-state index in [1.165, 1.54) is 23.0 Å².